The zero-order valence-electron chi connectivity index (χ0n) is 31.3. The van der Waals surface area contributed by atoms with Crippen LogP contribution >= 0.6 is 44.3 Å². The standard InChI is InChI=1S/2C15H11N3O.2C7H5NS2.CH4.ClH.2Pt/c2*19-11-9-14(12-5-1-3-7-16-12)18-15(10-11)13-6-2-4-8-17-13;2*9-7-8-5-3-1-2-4-6(5)10-7;;;;/h2*1-10H,(H,18,19);2*1-4H,(H,8,9);1H4;1H;;/q;;;;;;2*+2/p-4. The number of pyridine rings is 6. The number of nitrogens with one attached hydrogen (secondary N) is 1. The van der Waals surface area contributed by atoms with Gasteiger partial charge in [0.25, 0.3) is 0 Å². The summed E-state index contributed by atoms with van der Waals surface area (Å²) in [5, 5.41) is 0. The molecule has 0 saturated carbocycles. The molecule has 10 aromatic rings. The van der Waals surface area contributed by atoms with Gasteiger partial charge in [-0.2, -0.15) is 0 Å². The Balaban J connectivity index is 0.000000184. The summed E-state index contributed by atoms with van der Waals surface area (Å²) in [6.07, 6.45) is 6.70. The van der Waals surface area contributed by atoms with Gasteiger partial charge >= 0.3 is 49.3 Å². The quantitative estimate of drug-likeness (QED) is 0.133. The molecule has 0 radical (unpaired) electrons. The number of halogens is 1. The fraction of sp³-hybridized carbons (Fsp3) is 0.0222. The average Bonchev–Trinajstić information content (AvgIpc) is 3.89. The van der Waals surface area contributed by atoms with Gasteiger partial charge in [-0.05, 0) is 112 Å². The van der Waals surface area contributed by atoms with E-state index in [4.69, 9.17) is 24.8 Å². The number of aromatic amines is 1. The molecule has 0 atom stereocenters. The smallest absolute Gasteiger partial charge is 0.408 e. The van der Waals surface area contributed by atoms with Gasteiger partial charge in [0, 0.05) is 47.6 Å². The molecule has 0 unspecified atom stereocenters. The van der Waals surface area contributed by atoms with E-state index in [1.54, 1.807) is 66.2 Å². The van der Waals surface area contributed by atoms with Crippen LogP contribution < -0.4 is 20.8 Å². The van der Waals surface area contributed by atoms with Crippen molar-refractivity contribution >= 4 is 77.4 Å². The maximum absolute atomic E-state index is 11.8. The first kappa shape index (κ1) is 49.5. The summed E-state index contributed by atoms with van der Waals surface area (Å²) in [6, 6.07) is 44.0. The van der Waals surface area contributed by atoms with Gasteiger partial charge < -0.3 is 38.9 Å². The van der Waals surface area contributed by atoms with Crippen LogP contribution in [0, 0.1) is 3.95 Å². The normalized spacial score (nSPS) is 9.79. The topological polar surface area (TPSA) is 143 Å². The van der Waals surface area contributed by atoms with E-state index in [0.29, 0.717) is 45.6 Å². The van der Waals surface area contributed by atoms with E-state index in [-0.39, 0.29) is 39.3 Å². The Labute approximate surface area is 405 Å². The Morgan fingerprint density at radius 1 is 0.548 bits per heavy atom. The number of aromatic nitrogens is 8. The molecule has 10 nitrogen and oxygen atoms in total. The van der Waals surface area contributed by atoms with Crippen molar-refractivity contribution in [2.75, 3.05) is 0 Å². The van der Waals surface area contributed by atoms with Crippen LogP contribution in [-0.4, -0.2) is 29.9 Å². The molecule has 0 aliphatic carbocycles. The Bertz CT molecular complexity index is 2740. The van der Waals surface area contributed by atoms with Crippen molar-refractivity contribution in [3.05, 3.63) is 195 Å². The Morgan fingerprint density at radius 2 is 0.919 bits per heavy atom. The third kappa shape index (κ3) is 14.5. The zero-order chi connectivity index (χ0) is 42.1. The maximum Gasteiger partial charge on any atom is 2.00 e. The largest absolute Gasteiger partial charge is 2.00 e. The van der Waals surface area contributed by atoms with Gasteiger partial charge in [0.2, 0.25) is 0 Å². The number of benzene rings is 2. The Hall–Kier alpha value is -5.17. The van der Waals surface area contributed by atoms with Crippen LogP contribution in [0.5, 0.6) is 0 Å². The van der Waals surface area contributed by atoms with Crippen LogP contribution in [0.2, 0.25) is 0 Å². The van der Waals surface area contributed by atoms with E-state index in [2.05, 4.69) is 55.4 Å². The van der Waals surface area contributed by atoms with Gasteiger partial charge in [-0.25, -0.2) is 0 Å². The molecule has 0 saturated heterocycles. The molecule has 316 valence electrons. The molecule has 10 rings (SSSR count). The summed E-state index contributed by atoms with van der Waals surface area (Å²) in [5.41, 5.74) is 6.91. The average molecular weight is 1270 g/mol. The van der Waals surface area contributed by atoms with E-state index in [0.717, 1.165) is 19.3 Å². The molecular weight excluding hydrogens is 1240 g/mol. The number of H-pyrrole nitrogens is 1. The predicted molar refractivity (Wildman–Crippen MR) is 250 cm³/mol. The minimum absolute atomic E-state index is 0. The van der Waals surface area contributed by atoms with Gasteiger partial charge in [0.15, 0.2) is 14.8 Å². The van der Waals surface area contributed by atoms with E-state index < -0.39 is 0 Å². The van der Waals surface area contributed by atoms with Crippen LogP contribution in [0.25, 0.3) is 66.0 Å². The van der Waals surface area contributed by atoms with Gasteiger partial charge in [-0.15, -0.1) is 34.1 Å². The van der Waals surface area contributed by atoms with Gasteiger partial charge in [-0.1, -0.05) is 62.0 Å². The van der Waals surface area contributed by atoms with E-state index >= 15 is 0 Å². The molecular formula is C45H33ClN8O2Pt2S4. The number of fused-ring (bicyclic) bond motifs is 2. The summed E-state index contributed by atoms with van der Waals surface area (Å²) in [7, 11) is 4.61. The van der Waals surface area contributed by atoms with E-state index in [1.165, 1.54) is 33.7 Å². The Morgan fingerprint density at radius 3 is 1.29 bits per heavy atom. The molecule has 0 spiro atoms. The van der Waals surface area contributed by atoms with Gasteiger partial charge in [0.1, 0.15) is 0 Å². The molecule has 62 heavy (non-hydrogen) atoms. The van der Waals surface area contributed by atoms with E-state index in [9.17, 15) is 9.59 Å². The SMILES string of the molecule is C.O=c1cc(-c2ccccn2)[n-]c(-c2ccccn2)c1.O=c1cc(-c2ccccn2)[n-]c(-c2ccccn2)c1.S=c1[nH]c2ccccc2s1.[Cl][Pt+].[Pt+2].[S-]c1nc2ccccc2s1. The predicted octanol–water partition coefficient (Wildman–Crippen LogP) is 10.7. The van der Waals surface area contributed by atoms with E-state index in [1.807, 2.05) is 115 Å². The summed E-state index contributed by atoms with van der Waals surface area (Å²) < 4.78 is 3.97. The first-order valence-electron chi connectivity index (χ1n) is 17.6. The van der Waals surface area contributed by atoms with Crippen LogP contribution in [0.3, 0.4) is 0 Å². The Kier molecular flexibility index (Phi) is 20.5. The first-order chi connectivity index (χ1) is 29.4. The van der Waals surface area contributed by atoms with Crippen LogP contribution in [0.1, 0.15) is 7.43 Å². The molecule has 0 bridgehead atoms. The van der Waals surface area contributed by atoms with Crippen molar-refractivity contribution in [3.63, 3.8) is 0 Å². The van der Waals surface area contributed by atoms with Crippen molar-refractivity contribution in [2.24, 2.45) is 0 Å². The van der Waals surface area contributed by atoms with Gasteiger partial charge in [-0.3, -0.25) is 34.5 Å². The zero-order valence-corrected chi connectivity index (χ0v) is 39.8. The fourth-order valence-corrected chi connectivity index (χ4v) is 7.52. The summed E-state index contributed by atoms with van der Waals surface area (Å²) in [6.45, 7) is 0. The third-order valence-corrected chi connectivity index (χ3v) is 10.3. The van der Waals surface area contributed by atoms with Crippen molar-refractivity contribution in [2.45, 2.75) is 11.8 Å². The molecule has 2 aromatic carbocycles. The molecule has 17 heteroatoms. The minimum Gasteiger partial charge on any atom is -0.408 e. The van der Waals surface area contributed by atoms with Crippen LogP contribution in [0.15, 0.2) is 184 Å². The molecule has 0 aliphatic heterocycles. The molecule has 0 amide bonds. The van der Waals surface area contributed by atoms with Crippen molar-refractivity contribution in [1.29, 1.82) is 0 Å². The second kappa shape index (κ2) is 25.7. The number of hydrogen-bond acceptors (Lipinski definition) is 11. The summed E-state index contributed by atoms with van der Waals surface area (Å²) in [4.78, 5) is 56.5. The van der Waals surface area contributed by atoms with Crippen LogP contribution in [-0.2, 0) is 52.5 Å². The second-order valence-electron chi connectivity index (χ2n) is 12.0. The number of rotatable bonds is 4. The maximum atomic E-state index is 11.8. The molecule has 8 aromatic heterocycles. The fourth-order valence-electron chi connectivity index (χ4n) is 5.34. The van der Waals surface area contributed by atoms with Crippen molar-refractivity contribution in [1.82, 2.24) is 39.9 Å². The molecule has 0 aliphatic rings. The number of nitrogens with zero attached hydrogens (tertiary/aromatic N) is 7. The van der Waals surface area contributed by atoms with Crippen molar-refractivity contribution in [3.8, 4) is 45.6 Å². The third-order valence-electron chi connectivity index (χ3n) is 7.91. The second-order valence-corrected chi connectivity index (χ2v) is 15.4. The molecule has 8 heterocycles. The van der Waals surface area contributed by atoms with Crippen LogP contribution in [0.4, 0.5) is 0 Å². The number of para-hydroxylation sites is 2. The summed E-state index contributed by atoms with van der Waals surface area (Å²) >= 11 is 14.7. The number of thiazole rings is 2. The monoisotopic (exact) mass is 1270 g/mol. The first-order valence-corrected chi connectivity index (χ1v) is 22.9. The number of hydrogen-bond donors (Lipinski definition) is 1. The molecule has 0 fully saturated rings. The minimum atomic E-state index is -0.101. The van der Waals surface area contributed by atoms with Crippen molar-refractivity contribution < 1.29 is 39.8 Å². The van der Waals surface area contributed by atoms with Gasteiger partial charge in [0.05, 0.1) is 15.7 Å². The summed E-state index contributed by atoms with van der Waals surface area (Å²) in [5.74, 6) is 0. The molecule has 1 N–H and O–H groups in total.